The molecule has 0 aliphatic carbocycles. The number of amides is 2. The zero-order valence-corrected chi connectivity index (χ0v) is 57.9. The zero-order valence-electron chi connectivity index (χ0n) is 51.6. The number of rotatable bonds is 45. The number of carbonyl (C=O) groups is 2. The van der Waals surface area contributed by atoms with Gasteiger partial charge >= 0.3 is 107 Å². The summed E-state index contributed by atoms with van der Waals surface area (Å²) in [5.74, 6) is -1.54. The Labute approximate surface area is 563 Å². The number of nitrogens with zero attached hydrogens (tertiary/aromatic N) is 1. The van der Waals surface area contributed by atoms with Gasteiger partial charge in [0.25, 0.3) is 0 Å². The summed E-state index contributed by atoms with van der Waals surface area (Å²) in [5.41, 5.74) is -11.6. The Morgan fingerprint density at radius 2 is 0.943 bits per heavy atom. The van der Waals surface area contributed by atoms with E-state index in [1.165, 1.54) is 7.11 Å². The predicted octanol–water partition coefficient (Wildman–Crippen LogP) is -1.72. The first kappa shape index (κ1) is 110. The minimum absolute atomic E-state index is 0. The second-order valence-electron chi connectivity index (χ2n) is 19.2. The molecule has 4 N–H and O–H groups in total. The minimum atomic E-state index is -6.07. The van der Waals surface area contributed by atoms with Crippen molar-refractivity contribution in [2.24, 2.45) is 5.41 Å². The van der Waals surface area contributed by atoms with E-state index in [4.69, 9.17) is 41.1 Å². The van der Waals surface area contributed by atoms with Crippen LogP contribution in [0.3, 0.4) is 0 Å². The van der Waals surface area contributed by atoms with E-state index in [1.807, 2.05) is 53.5 Å². The second-order valence-corrected chi connectivity index (χ2v) is 38.0. The molecular weight excluding hydrogens is 1310 g/mol. The van der Waals surface area contributed by atoms with Crippen molar-refractivity contribution in [2.75, 3.05) is 139 Å². The average Bonchev–Trinajstić information content (AvgIpc) is 3.32. The van der Waals surface area contributed by atoms with Gasteiger partial charge in [0.05, 0.1) is 71.1 Å². The number of sulfonamides is 4. The van der Waals surface area contributed by atoms with E-state index >= 15 is 0 Å². The molecule has 26 nitrogen and oxygen atoms in total. The molecule has 0 bridgehead atoms. The molecule has 0 aliphatic rings. The summed E-state index contributed by atoms with van der Waals surface area (Å²) in [6.07, 6.45) is 4.83. The van der Waals surface area contributed by atoms with Crippen molar-refractivity contribution in [2.45, 2.75) is 145 Å². The first-order valence-corrected chi connectivity index (χ1v) is 40.3. The van der Waals surface area contributed by atoms with Gasteiger partial charge in [-0.2, -0.15) is 26.3 Å². The van der Waals surface area contributed by atoms with Crippen molar-refractivity contribution >= 4 is 77.5 Å². The number of hydrogen-bond donors (Lipinski definition) is 4. The van der Waals surface area contributed by atoms with Gasteiger partial charge in [-0.05, 0) is 97.2 Å². The molecule has 42 heteroatoms. The number of carbonyl (C=O) groups excluding carboxylic acids is 2. The molecule has 0 radical (unpaired) electrons. The van der Waals surface area contributed by atoms with Crippen LogP contribution in [-0.2, 0) is 95.4 Å². The van der Waals surface area contributed by atoms with Crippen LogP contribution in [0, 0.1) is 5.41 Å². The Kier molecular flexibility index (Phi) is 70.0. The molecule has 88 heavy (non-hydrogen) atoms. The number of alkyl halides is 6. The van der Waals surface area contributed by atoms with Crippen molar-refractivity contribution in [1.82, 2.24) is 20.1 Å². The molecular formula is C46H106F6Li3N5O21S4Si3+2. The third kappa shape index (κ3) is 62.2. The van der Waals surface area contributed by atoms with E-state index in [2.05, 4.69) is 24.8 Å². The summed E-state index contributed by atoms with van der Waals surface area (Å²) in [6.45, 7) is 20.6. The quantitative estimate of drug-likeness (QED) is 0.0228. The molecule has 0 saturated carbocycles. The van der Waals surface area contributed by atoms with E-state index in [1.54, 1.807) is 23.1 Å². The van der Waals surface area contributed by atoms with Crippen LogP contribution in [0.4, 0.5) is 31.1 Å². The van der Waals surface area contributed by atoms with Crippen LogP contribution in [-0.4, -0.2) is 221 Å². The van der Waals surface area contributed by atoms with Gasteiger partial charge in [-0.15, -0.1) is 0 Å². The molecule has 2 amide bonds. The van der Waals surface area contributed by atoms with E-state index in [0.717, 1.165) is 12.7 Å². The largest absolute Gasteiger partial charge is 1.00 e. The first-order chi connectivity index (χ1) is 37.1. The Bertz CT molecular complexity index is 2180. The number of methoxy groups -OCH3 is 2. The molecule has 0 heterocycles. The SMILES string of the molecule is C.C.C.C.CCC(C)(C)C(=O)OCCNC(=O)NCCCOCCCCNS(C)(=O)=O.COCCOCCOCCOCCC[Si](C)(OC)O[Si](C)(CCCNS(=O)(=O)C(F)(F)F)O[Si](C)(C)C.COCCOCS(=O)(=O)[N-]S(=O)(=O)C(F)(F)F.[Li+].[Li+].[Li+]. The molecule has 0 saturated heterocycles. The second kappa shape index (κ2) is 56.2. The molecule has 0 aliphatic heterocycles. The standard InChI is InChI=1S/C20H46F3NO9SSi3.C17H35N3O6S.C5H9F3NO6S2.4CH4.3Li/c1-27-12-13-30-16-17-31-15-14-29-11-9-19-36(6,28-2)33-37(7,32-35(3,4)5)18-8-10-24-34(25,26)20(21,22)23;1-5-17(2,3)15(21)26-14-11-19-16(22)18-9-8-13-25-12-7-6-10-20-27(4,23)24;1-14-2-3-15-4-16(10,11)9-17(12,13)5(6,7)8;;;;;;;/h24H,8-19H2,1-7H3;20H,5-14H2,1-4H3,(H2,18,19,22);2-4H2,1H3;4*1H4;;;/q;;-1;;;;;3*+1. The maximum Gasteiger partial charge on any atom is 1.00 e. The van der Waals surface area contributed by atoms with Crippen LogP contribution in [0.2, 0.25) is 44.8 Å². The van der Waals surface area contributed by atoms with Crippen molar-refractivity contribution in [3.05, 3.63) is 4.13 Å². The summed E-state index contributed by atoms with van der Waals surface area (Å²) < 4.78 is 225. The Morgan fingerprint density at radius 3 is 1.40 bits per heavy atom. The van der Waals surface area contributed by atoms with Crippen LogP contribution in [0.1, 0.15) is 89.0 Å². The van der Waals surface area contributed by atoms with Gasteiger partial charge in [0.15, 0.2) is 18.3 Å². The molecule has 0 aromatic heterocycles. The maximum absolute atomic E-state index is 12.6. The molecule has 0 fully saturated rings. The van der Waals surface area contributed by atoms with Crippen LogP contribution in [0.5, 0.6) is 0 Å². The molecule has 0 rings (SSSR count). The summed E-state index contributed by atoms with van der Waals surface area (Å²) in [7, 11) is -22.6. The normalized spacial score (nSPS) is 13.2. The van der Waals surface area contributed by atoms with Crippen LogP contribution in [0.15, 0.2) is 0 Å². The van der Waals surface area contributed by atoms with Gasteiger partial charge in [0, 0.05) is 60.8 Å². The number of urea groups is 1. The number of hydrogen-bond acceptors (Lipinski definition) is 21. The van der Waals surface area contributed by atoms with Crippen LogP contribution >= 0.6 is 0 Å². The van der Waals surface area contributed by atoms with Gasteiger partial charge in [-0.25, -0.2) is 47.9 Å². The minimum Gasteiger partial charge on any atom is -0.463 e. The van der Waals surface area contributed by atoms with Crippen molar-refractivity contribution < 1.29 is 177 Å². The van der Waals surface area contributed by atoms with Crippen LogP contribution < -0.4 is 76.7 Å². The molecule has 0 aromatic rings. The smallest absolute Gasteiger partial charge is 0.463 e. The van der Waals surface area contributed by atoms with E-state index in [9.17, 15) is 69.6 Å². The fourth-order valence-corrected chi connectivity index (χ4v) is 21.5. The summed E-state index contributed by atoms with van der Waals surface area (Å²) >= 11 is 0. The first-order valence-electron chi connectivity index (χ1n) is 25.4. The van der Waals surface area contributed by atoms with Crippen molar-refractivity contribution in [3.63, 3.8) is 0 Å². The molecule has 520 valence electrons. The zero-order chi connectivity index (χ0) is 63.1. The summed E-state index contributed by atoms with van der Waals surface area (Å²) in [4.78, 5) is 23.3. The average molecular weight is 1410 g/mol. The molecule has 0 aromatic carbocycles. The topological polar surface area (TPSA) is 334 Å². The maximum atomic E-state index is 12.6. The monoisotopic (exact) mass is 1410 g/mol. The third-order valence-corrected chi connectivity index (χ3v) is 25.6. The Morgan fingerprint density at radius 1 is 0.511 bits per heavy atom. The summed E-state index contributed by atoms with van der Waals surface area (Å²) in [6, 6.07) is 0.649. The summed E-state index contributed by atoms with van der Waals surface area (Å²) in [5, 5.41) is 5.31. The number of ether oxygens (including phenoxy) is 8. The number of nitrogens with one attached hydrogen (secondary N) is 4. The van der Waals surface area contributed by atoms with Gasteiger partial charge in [-0.1, -0.05) is 36.6 Å². The number of esters is 1. The molecule has 2 unspecified atom stereocenters. The molecule has 0 spiro atoms. The Hall–Kier alpha value is 0.0429. The van der Waals surface area contributed by atoms with Crippen molar-refractivity contribution in [3.8, 4) is 0 Å². The predicted molar refractivity (Wildman–Crippen MR) is 323 cm³/mol. The van der Waals surface area contributed by atoms with Gasteiger partial charge < -0.3 is 65.3 Å². The van der Waals surface area contributed by atoms with Crippen molar-refractivity contribution in [1.29, 1.82) is 0 Å². The third-order valence-electron chi connectivity index (χ3n) is 9.94. The van der Waals surface area contributed by atoms with Gasteiger partial charge in [-0.3, -0.25) is 4.79 Å². The van der Waals surface area contributed by atoms with E-state index in [-0.39, 0.29) is 138 Å². The Balaban J connectivity index is -0.000000132. The number of halogens is 6. The molecule has 2 atom stereocenters. The fraction of sp³-hybridized carbons (Fsp3) is 0.957. The van der Waals surface area contributed by atoms with E-state index in [0.29, 0.717) is 110 Å². The fourth-order valence-electron chi connectivity index (χ4n) is 5.59. The number of unbranched alkanes of at least 4 members (excludes halogenated alkanes) is 1. The van der Waals surface area contributed by atoms with Gasteiger partial charge in [0.1, 0.15) is 22.6 Å². The van der Waals surface area contributed by atoms with Gasteiger partial charge in [0.2, 0.25) is 10.0 Å². The van der Waals surface area contributed by atoms with Crippen LogP contribution in [0.25, 0.3) is 4.13 Å². The van der Waals surface area contributed by atoms with E-state index < -0.39 is 87.9 Å².